The Balaban J connectivity index is 1.14. The second kappa shape index (κ2) is 12.1. The van der Waals surface area contributed by atoms with Gasteiger partial charge in [0, 0.05) is 35.3 Å². The van der Waals surface area contributed by atoms with Gasteiger partial charge in [-0.05, 0) is 82.6 Å². The Bertz CT molecular complexity index is 1700. The minimum absolute atomic E-state index is 0.0752. The van der Waals surface area contributed by atoms with Gasteiger partial charge in [0.1, 0.15) is 19.3 Å². The fourth-order valence-electron chi connectivity index (χ4n) is 6.13. The molecule has 2 heterocycles. The summed E-state index contributed by atoms with van der Waals surface area (Å²) in [5.74, 6) is -0.442. The summed E-state index contributed by atoms with van der Waals surface area (Å²) >= 11 is 0. The maximum absolute atomic E-state index is 12.2. The number of esters is 2. The average Bonchev–Trinajstić information content (AvgIpc) is 4.00. The van der Waals surface area contributed by atoms with Gasteiger partial charge in [-0.1, -0.05) is 68.4 Å². The van der Waals surface area contributed by atoms with E-state index in [2.05, 4.69) is 110 Å². The molecule has 2 unspecified atom stereocenters. The molecule has 2 atom stereocenters. The number of anilines is 3. The first-order chi connectivity index (χ1) is 21.8. The highest BCUT2D eigenvalue weighted by atomic mass is 16.8. The molecule has 2 aliphatic heterocycles. The molecule has 0 radical (unpaired) electrons. The molecule has 0 amide bonds. The van der Waals surface area contributed by atoms with Crippen LogP contribution in [0.25, 0.3) is 11.1 Å². The molecule has 0 spiro atoms. The molecule has 1 aliphatic carbocycles. The Morgan fingerprint density at radius 2 is 1.31 bits per heavy atom. The topological polar surface area (TPSA) is 80.9 Å². The van der Waals surface area contributed by atoms with Crippen molar-refractivity contribution in [3.05, 3.63) is 113 Å². The summed E-state index contributed by atoms with van der Waals surface area (Å²) < 4.78 is 20.6. The fourth-order valence-corrected chi connectivity index (χ4v) is 6.13. The highest BCUT2D eigenvalue weighted by Crippen LogP contribution is 2.50. The van der Waals surface area contributed by atoms with E-state index in [0.29, 0.717) is 45.5 Å². The van der Waals surface area contributed by atoms with Crippen LogP contribution in [0.3, 0.4) is 0 Å². The number of hydrogen-bond donors (Lipinski definition) is 0. The van der Waals surface area contributed by atoms with Gasteiger partial charge >= 0.3 is 11.9 Å². The minimum atomic E-state index is -0.360. The molecule has 4 aromatic carbocycles. The van der Waals surface area contributed by atoms with E-state index in [0.717, 1.165) is 28.2 Å². The summed E-state index contributed by atoms with van der Waals surface area (Å²) in [7, 11) is 0. The number of nitrogens with zero attached hydrogens (tertiary/aromatic N) is 1. The van der Waals surface area contributed by atoms with Crippen LogP contribution in [0.2, 0.25) is 0 Å². The van der Waals surface area contributed by atoms with E-state index < -0.39 is 0 Å². The van der Waals surface area contributed by atoms with Crippen LogP contribution in [0.4, 0.5) is 17.1 Å². The van der Waals surface area contributed by atoms with Gasteiger partial charge in [-0.2, -0.15) is 0 Å². The van der Waals surface area contributed by atoms with Gasteiger partial charge in [-0.15, -0.1) is 0 Å². The summed E-state index contributed by atoms with van der Waals surface area (Å²) in [5.41, 5.74) is 10.3. The lowest BCUT2D eigenvalue weighted by molar-refractivity contribution is -0.148. The second-order valence-electron chi connectivity index (χ2n) is 12.5. The van der Waals surface area contributed by atoms with E-state index >= 15 is 0 Å². The molecule has 0 saturated carbocycles. The lowest BCUT2D eigenvalue weighted by Gasteiger charge is -2.28. The smallest absolute Gasteiger partial charge is 0.308 e. The van der Waals surface area contributed by atoms with Gasteiger partial charge in [-0.25, -0.2) is 0 Å². The highest BCUT2D eigenvalue weighted by Gasteiger charge is 2.35. The van der Waals surface area contributed by atoms with Crippen molar-refractivity contribution in [2.75, 3.05) is 24.7 Å². The van der Waals surface area contributed by atoms with E-state index in [4.69, 9.17) is 18.9 Å². The van der Waals surface area contributed by atoms with Crippen molar-refractivity contribution in [2.45, 2.75) is 57.3 Å². The standard InChI is InChI=1S/C38H37NO6/c1-38(2)33-6-4-3-5-31(33)32-18-17-29(21-34(32)38)39(28-15-9-26(10-16-28)12-20-36(41)45-37-24-44-37)27-13-7-25(8-14-27)11-19-35(40)43-23-30-22-42-30/h3-10,13-18,21,30,37H,11-12,19-20,22-24H2,1-2H3. The lowest BCUT2D eigenvalue weighted by Crippen LogP contribution is -2.16. The number of carbonyl (C=O) groups excluding carboxylic acids is 2. The van der Waals surface area contributed by atoms with Gasteiger partial charge in [-0.3, -0.25) is 9.59 Å². The van der Waals surface area contributed by atoms with Crippen LogP contribution >= 0.6 is 0 Å². The van der Waals surface area contributed by atoms with E-state index in [1.807, 2.05) is 0 Å². The molecule has 2 saturated heterocycles. The van der Waals surface area contributed by atoms with Crippen molar-refractivity contribution >= 4 is 29.0 Å². The van der Waals surface area contributed by atoms with Crippen LogP contribution in [0.1, 0.15) is 48.9 Å². The van der Waals surface area contributed by atoms with Gasteiger partial charge in [0.2, 0.25) is 6.29 Å². The first kappa shape index (κ1) is 29.3. The Morgan fingerprint density at radius 3 is 1.93 bits per heavy atom. The first-order valence-corrected chi connectivity index (χ1v) is 15.7. The van der Waals surface area contributed by atoms with Crippen LogP contribution in [0.5, 0.6) is 0 Å². The number of hydrogen-bond acceptors (Lipinski definition) is 7. The SMILES string of the molecule is CC1(C)c2ccccc2-c2ccc(N(c3ccc(CCC(=O)OCC4CO4)cc3)c3ccc(CCC(=O)OC4CO4)cc3)cc21. The number of fused-ring (bicyclic) bond motifs is 3. The minimum Gasteiger partial charge on any atom is -0.463 e. The number of epoxide rings is 2. The summed E-state index contributed by atoms with van der Waals surface area (Å²) in [5, 5.41) is 0. The number of aryl methyl sites for hydroxylation is 2. The van der Waals surface area contributed by atoms with Crippen molar-refractivity contribution in [3.63, 3.8) is 0 Å². The number of rotatable bonds is 12. The third-order valence-corrected chi connectivity index (χ3v) is 8.85. The fraction of sp³-hybridized carbons (Fsp3) is 0.316. The predicted octanol–water partition coefficient (Wildman–Crippen LogP) is 7.17. The zero-order valence-electron chi connectivity index (χ0n) is 25.7. The summed E-state index contributed by atoms with van der Waals surface area (Å²) in [6.07, 6.45) is 1.57. The van der Waals surface area contributed by atoms with Crippen LogP contribution < -0.4 is 4.90 Å². The van der Waals surface area contributed by atoms with Crippen LogP contribution in [0.15, 0.2) is 91.0 Å². The Labute approximate surface area is 263 Å². The zero-order chi connectivity index (χ0) is 31.0. The highest BCUT2D eigenvalue weighted by molar-refractivity contribution is 5.85. The first-order valence-electron chi connectivity index (χ1n) is 15.7. The van der Waals surface area contributed by atoms with Gasteiger partial charge < -0.3 is 23.8 Å². The van der Waals surface area contributed by atoms with E-state index in [1.54, 1.807) is 0 Å². The second-order valence-corrected chi connectivity index (χ2v) is 12.5. The molecular formula is C38H37NO6. The third-order valence-electron chi connectivity index (χ3n) is 8.85. The molecular weight excluding hydrogens is 566 g/mol. The lowest BCUT2D eigenvalue weighted by atomic mass is 9.82. The molecule has 3 aliphatic rings. The maximum Gasteiger partial charge on any atom is 0.308 e. The van der Waals surface area contributed by atoms with Crippen molar-refractivity contribution in [3.8, 4) is 11.1 Å². The largest absolute Gasteiger partial charge is 0.463 e. The Morgan fingerprint density at radius 1 is 0.733 bits per heavy atom. The normalized spacial score (nSPS) is 18.4. The van der Waals surface area contributed by atoms with Crippen molar-refractivity contribution < 1.29 is 28.5 Å². The number of ether oxygens (including phenoxy) is 4. The third kappa shape index (κ3) is 6.51. The Hall–Kier alpha value is -4.46. The molecule has 7 nitrogen and oxygen atoms in total. The molecule has 0 bridgehead atoms. The number of benzene rings is 4. The molecule has 2 fully saturated rings. The zero-order valence-corrected chi connectivity index (χ0v) is 25.7. The molecule has 0 N–H and O–H groups in total. The summed E-state index contributed by atoms with van der Waals surface area (Å²) in [4.78, 5) is 26.5. The maximum atomic E-state index is 12.2. The summed E-state index contributed by atoms with van der Waals surface area (Å²) in [6, 6.07) is 32.1. The molecule has 7 heteroatoms. The van der Waals surface area contributed by atoms with Crippen LogP contribution in [-0.4, -0.2) is 44.2 Å². The average molecular weight is 604 g/mol. The molecule has 7 rings (SSSR count). The van der Waals surface area contributed by atoms with Crippen molar-refractivity contribution in [1.82, 2.24) is 0 Å². The van der Waals surface area contributed by atoms with Crippen LogP contribution in [-0.2, 0) is 46.8 Å². The van der Waals surface area contributed by atoms with Crippen LogP contribution in [0, 0.1) is 0 Å². The van der Waals surface area contributed by atoms with Crippen molar-refractivity contribution in [1.29, 1.82) is 0 Å². The van der Waals surface area contributed by atoms with Gasteiger partial charge in [0.25, 0.3) is 0 Å². The molecule has 4 aromatic rings. The monoisotopic (exact) mass is 603 g/mol. The van der Waals surface area contributed by atoms with Crippen molar-refractivity contribution in [2.24, 2.45) is 0 Å². The Kier molecular flexibility index (Phi) is 7.90. The van der Waals surface area contributed by atoms with E-state index in [-0.39, 0.29) is 29.7 Å². The number of carbonyl (C=O) groups is 2. The van der Waals surface area contributed by atoms with Gasteiger partial charge in [0.05, 0.1) is 6.61 Å². The van der Waals surface area contributed by atoms with E-state index in [1.165, 1.54) is 22.3 Å². The quantitative estimate of drug-likeness (QED) is 0.125. The predicted molar refractivity (Wildman–Crippen MR) is 172 cm³/mol. The molecule has 0 aromatic heterocycles. The van der Waals surface area contributed by atoms with E-state index in [9.17, 15) is 9.59 Å². The molecule has 230 valence electrons. The van der Waals surface area contributed by atoms with Gasteiger partial charge in [0.15, 0.2) is 0 Å². The molecule has 45 heavy (non-hydrogen) atoms. The summed E-state index contributed by atoms with van der Waals surface area (Å²) in [6.45, 7) is 6.09.